The molecule has 2 rings (SSSR count). The Bertz CT molecular complexity index is 417. The quantitative estimate of drug-likeness (QED) is 0.847. The molecule has 2 N–H and O–H groups in total. The minimum atomic E-state index is 0.274. The number of rotatable bonds is 5. The van der Waals surface area contributed by atoms with E-state index in [0.29, 0.717) is 0 Å². The van der Waals surface area contributed by atoms with Crippen molar-refractivity contribution in [2.24, 2.45) is 5.73 Å². The average Bonchev–Trinajstić information content (AvgIpc) is 2.92. The molecule has 1 atom stereocenters. The number of thiophene rings is 1. The van der Waals surface area contributed by atoms with E-state index in [0.717, 1.165) is 19.4 Å². The Labute approximate surface area is 101 Å². The summed E-state index contributed by atoms with van der Waals surface area (Å²) in [5.41, 5.74) is 8.70. The van der Waals surface area contributed by atoms with Gasteiger partial charge in [0.15, 0.2) is 0 Å². The predicted octanol–water partition coefficient (Wildman–Crippen LogP) is 2.88. The molecule has 2 heterocycles. The molecule has 0 saturated heterocycles. The molecule has 86 valence electrons. The van der Waals surface area contributed by atoms with Crippen molar-refractivity contribution in [3.05, 3.63) is 46.4 Å². The summed E-state index contributed by atoms with van der Waals surface area (Å²) in [6, 6.07) is 6.72. The van der Waals surface area contributed by atoms with E-state index in [-0.39, 0.29) is 6.04 Å². The van der Waals surface area contributed by atoms with Crippen molar-refractivity contribution >= 4 is 11.3 Å². The van der Waals surface area contributed by atoms with Crippen LogP contribution >= 0.6 is 11.3 Å². The fourth-order valence-corrected chi connectivity index (χ4v) is 2.44. The summed E-state index contributed by atoms with van der Waals surface area (Å²) in [4.78, 5) is 0. The van der Waals surface area contributed by atoms with Gasteiger partial charge in [-0.1, -0.05) is 6.92 Å². The lowest BCUT2D eigenvalue weighted by Crippen LogP contribution is -2.23. The van der Waals surface area contributed by atoms with Crippen LogP contribution < -0.4 is 5.73 Å². The largest absolute Gasteiger partial charge is 0.347 e. The number of nitrogens with two attached hydrogens (primary N) is 1. The van der Waals surface area contributed by atoms with Crippen LogP contribution in [0.2, 0.25) is 0 Å². The lowest BCUT2D eigenvalue weighted by molar-refractivity contribution is 0.610. The highest BCUT2D eigenvalue weighted by Crippen LogP contribution is 2.12. The first-order valence-electron chi connectivity index (χ1n) is 5.70. The predicted molar refractivity (Wildman–Crippen MR) is 69.8 cm³/mol. The second-order valence-corrected chi connectivity index (χ2v) is 4.91. The van der Waals surface area contributed by atoms with Gasteiger partial charge in [-0.25, -0.2) is 0 Å². The maximum atomic E-state index is 6.00. The van der Waals surface area contributed by atoms with E-state index >= 15 is 0 Å². The van der Waals surface area contributed by atoms with Gasteiger partial charge in [0.25, 0.3) is 0 Å². The summed E-state index contributed by atoms with van der Waals surface area (Å²) < 4.78 is 2.29. The van der Waals surface area contributed by atoms with Gasteiger partial charge < -0.3 is 10.3 Å². The van der Waals surface area contributed by atoms with E-state index in [1.165, 1.54) is 11.3 Å². The molecule has 0 radical (unpaired) electrons. The zero-order chi connectivity index (χ0) is 11.4. The van der Waals surface area contributed by atoms with Gasteiger partial charge in [-0.3, -0.25) is 0 Å². The SMILES string of the molecule is CCC(N)Cc1cccn1Cc1ccsc1. The molecular formula is C13H18N2S. The molecule has 0 spiro atoms. The van der Waals surface area contributed by atoms with Crippen LogP contribution in [0, 0.1) is 0 Å². The van der Waals surface area contributed by atoms with Crippen molar-refractivity contribution in [2.75, 3.05) is 0 Å². The first kappa shape index (κ1) is 11.4. The minimum Gasteiger partial charge on any atom is -0.347 e. The van der Waals surface area contributed by atoms with Crippen LogP contribution in [0.1, 0.15) is 24.6 Å². The first-order chi connectivity index (χ1) is 7.79. The van der Waals surface area contributed by atoms with Gasteiger partial charge in [-0.05, 0) is 40.9 Å². The Morgan fingerprint density at radius 3 is 3.00 bits per heavy atom. The molecule has 0 amide bonds. The summed E-state index contributed by atoms with van der Waals surface area (Å²) >= 11 is 1.75. The van der Waals surface area contributed by atoms with Crippen LogP contribution in [0.25, 0.3) is 0 Å². The molecule has 0 saturated carbocycles. The Morgan fingerprint density at radius 1 is 1.44 bits per heavy atom. The highest BCUT2D eigenvalue weighted by Gasteiger charge is 2.06. The maximum absolute atomic E-state index is 6.00. The van der Waals surface area contributed by atoms with E-state index in [4.69, 9.17) is 5.73 Å². The van der Waals surface area contributed by atoms with E-state index < -0.39 is 0 Å². The van der Waals surface area contributed by atoms with Gasteiger partial charge in [0, 0.05) is 30.9 Å². The Hall–Kier alpha value is -1.06. The molecule has 16 heavy (non-hydrogen) atoms. The van der Waals surface area contributed by atoms with Crippen molar-refractivity contribution in [3.8, 4) is 0 Å². The van der Waals surface area contributed by atoms with Crippen LogP contribution in [0.5, 0.6) is 0 Å². The van der Waals surface area contributed by atoms with Gasteiger partial charge in [-0.2, -0.15) is 11.3 Å². The van der Waals surface area contributed by atoms with E-state index in [1.807, 2.05) is 0 Å². The molecule has 0 bridgehead atoms. The molecule has 0 aromatic carbocycles. The number of hydrogen-bond donors (Lipinski definition) is 1. The van der Waals surface area contributed by atoms with Crippen molar-refractivity contribution in [3.63, 3.8) is 0 Å². The molecular weight excluding hydrogens is 216 g/mol. The Balaban J connectivity index is 2.07. The zero-order valence-corrected chi connectivity index (χ0v) is 10.4. The van der Waals surface area contributed by atoms with Crippen LogP contribution in [0.4, 0.5) is 0 Å². The number of nitrogens with zero attached hydrogens (tertiary/aromatic N) is 1. The third-order valence-corrected chi connectivity index (χ3v) is 3.58. The third kappa shape index (κ3) is 2.74. The monoisotopic (exact) mass is 234 g/mol. The van der Waals surface area contributed by atoms with Crippen LogP contribution in [-0.4, -0.2) is 10.6 Å². The Kier molecular flexibility index (Phi) is 3.80. The van der Waals surface area contributed by atoms with Crippen molar-refractivity contribution in [1.29, 1.82) is 0 Å². The van der Waals surface area contributed by atoms with Gasteiger partial charge >= 0.3 is 0 Å². The fraction of sp³-hybridized carbons (Fsp3) is 0.385. The molecule has 0 fully saturated rings. The van der Waals surface area contributed by atoms with E-state index in [1.54, 1.807) is 11.3 Å². The molecule has 2 nitrogen and oxygen atoms in total. The third-order valence-electron chi connectivity index (χ3n) is 2.85. The number of aromatic nitrogens is 1. The first-order valence-corrected chi connectivity index (χ1v) is 6.64. The summed E-state index contributed by atoms with van der Waals surface area (Å²) in [5.74, 6) is 0. The number of hydrogen-bond acceptors (Lipinski definition) is 2. The van der Waals surface area contributed by atoms with Gasteiger partial charge in [-0.15, -0.1) is 0 Å². The topological polar surface area (TPSA) is 30.9 Å². The van der Waals surface area contributed by atoms with Crippen LogP contribution in [0.15, 0.2) is 35.2 Å². The second-order valence-electron chi connectivity index (χ2n) is 4.13. The summed E-state index contributed by atoms with van der Waals surface area (Å²) in [7, 11) is 0. The lowest BCUT2D eigenvalue weighted by atomic mass is 10.1. The second kappa shape index (κ2) is 5.32. The van der Waals surface area contributed by atoms with Crippen LogP contribution in [-0.2, 0) is 13.0 Å². The minimum absolute atomic E-state index is 0.274. The fourth-order valence-electron chi connectivity index (χ4n) is 1.78. The molecule has 0 aliphatic rings. The molecule has 0 aliphatic carbocycles. The van der Waals surface area contributed by atoms with Crippen molar-refractivity contribution in [2.45, 2.75) is 32.4 Å². The van der Waals surface area contributed by atoms with Crippen LogP contribution in [0.3, 0.4) is 0 Å². The molecule has 0 aliphatic heterocycles. The zero-order valence-electron chi connectivity index (χ0n) is 9.60. The lowest BCUT2D eigenvalue weighted by Gasteiger charge is -2.12. The van der Waals surface area contributed by atoms with E-state index in [9.17, 15) is 0 Å². The standard InChI is InChI=1S/C13H18N2S/c1-2-12(14)8-13-4-3-6-15(13)9-11-5-7-16-10-11/h3-7,10,12H,2,8-9,14H2,1H3. The van der Waals surface area contributed by atoms with Crippen molar-refractivity contribution in [1.82, 2.24) is 4.57 Å². The molecule has 2 aromatic heterocycles. The molecule has 1 unspecified atom stereocenters. The van der Waals surface area contributed by atoms with E-state index in [2.05, 4.69) is 46.6 Å². The smallest absolute Gasteiger partial charge is 0.0481 e. The molecule has 3 heteroatoms. The summed E-state index contributed by atoms with van der Waals surface area (Å²) in [6.45, 7) is 3.10. The normalized spacial score (nSPS) is 12.9. The van der Waals surface area contributed by atoms with Gasteiger partial charge in [0.1, 0.15) is 0 Å². The summed E-state index contributed by atoms with van der Waals surface area (Å²) in [6.07, 6.45) is 4.13. The Morgan fingerprint density at radius 2 is 2.31 bits per heavy atom. The molecule has 2 aromatic rings. The maximum Gasteiger partial charge on any atom is 0.0481 e. The van der Waals surface area contributed by atoms with Gasteiger partial charge in [0.05, 0.1) is 0 Å². The highest BCUT2D eigenvalue weighted by molar-refractivity contribution is 7.07. The van der Waals surface area contributed by atoms with Gasteiger partial charge in [0.2, 0.25) is 0 Å². The van der Waals surface area contributed by atoms with Crippen molar-refractivity contribution < 1.29 is 0 Å². The average molecular weight is 234 g/mol. The summed E-state index contributed by atoms with van der Waals surface area (Å²) in [5, 5.41) is 4.32. The highest BCUT2D eigenvalue weighted by atomic mass is 32.1.